The van der Waals surface area contributed by atoms with Gasteiger partial charge in [0, 0.05) is 53.4 Å². The molecule has 3 rings (SSSR count). The monoisotopic (exact) mass is 403 g/mol. The third-order valence-corrected chi connectivity index (χ3v) is 6.08. The van der Waals surface area contributed by atoms with Crippen molar-refractivity contribution in [3.8, 4) is 5.75 Å². The van der Waals surface area contributed by atoms with E-state index in [1.54, 1.807) is 14.2 Å². The van der Waals surface area contributed by atoms with Crippen molar-refractivity contribution in [2.24, 2.45) is 10.9 Å². The number of para-hydroxylation sites is 2. The maximum atomic E-state index is 5.53. The Labute approximate surface area is 175 Å². The molecule has 0 spiro atoms. The van der Waals surface area contributed by atoms with Crippen molar-refractivity contribution in [1.82, 2.24) is 15.1 Å². The van der Waals surface area contributed by atoms with E-state index in [0.29, 0.717) is 0 Å². The number of likely N-dealkylation sites (tertiary alicyclic amines) is 1. The Bertz CT molecular complexity index is 638. The Morgan fingerprint density at radius 3 is 2.45 bits per heavy atom. The second kappa shape index (κ2) is 11.3. The van der Waals surface area contributed by atoms with Crippen LogP contribution in [0.3, 0.4) is 0 Å². The maximum absolute atomic E-state index is 5.53. The van der Waals surface area contributed by atoms with E-state index in [1.165, 1.54) is 31.6 Å². The Morgan fingerprint density at radius 2 is 1.79 bits per heavy atom. The lowest BCUT2D eigenvalue weighted by Gasteiger charge is -2.38. The summed E-state index contributed by atoms with van der Waals surface area (Å²) in [6, 6.07) is 8.26. The Hall–Kier alpha value is -1.99. The number of rotatable bonds is 7. The number of aliphatic imine (C=N–C) groups is 1. The van der Waals surface area contributed by atoms with Gasteiger partial charge >= 0.3 is 0 Å². The van der Waals surface area contributed by atoms with Crippen LogP contribution in [0.15, 0.2) is 29.3 Å². The number of methoxy groups -OCH3 is 2. The molecule has 1 N–H and O–H groups in total. The molecule has 29 heavy (non-hydrogen) atoms. The first-order chi connectivity index (χ1) is 14.2. The summed E-state index contributed by atoms with van der Waals surface area (Å²) in [5.41, 5.74) is 1.18. The maximum Gasteiger partial charge on any atom is 0.193 e. The van der Waals surface area contributed by atoms with Crippen molar-refractivity contribution in [1.29, 1.82) is 0 Å². The fourth-order valence-corrected chi connectivity index (χ4v) is 4.25. The van der Waals surface area contributed by atoms with Gasteiger partial charge in [-0.05, 0) is 44.0 Å². The number of hydrogen-bond donors (Lipinski definition) is 1. The van der Waals surface area contributed by atoms with Gasteiger partial charge in [-0.15, -0.1) is 0 Å². The van der Waals surface area contributed by atoms with Gasteiger partial charge in [0.1, 0.15) is 5.75 Å². The molecule has 2 saturated heterocycles. The SMILES string of the molecule is CN=C(NCC1CCN(CCOC)CC1)N1CCN(c2ccccc2OC)CC1. The van der Waals surface area contributed by atoms with E-state index in [-0.39, 0.29) is 0 Å². The van der Waals surface area contributed by atoms with Gasteiger partial charge in [0.25, 0.3) is 0 Å². The van der Waals surface area contributed by atoms with E-state index in [9.17, 15) is 0 Å². The van der Waals surface area contributed by atoms with Gasteiger partial charge in [-0.3, -0.25) is 4.99 Å². The molecule has 2 aliphatic rings. The molecular weight excluding hydrogens is 366 g/mol. The van der Waals surface area contributed by atoms with Crippen molar-refractivity contribution in [3.05, 3.63) is 24.3 Å². The molecule has 7 nitrogen and oxygen atoms in total. The smallest absolute Gasteiger partial charge is 0.193 e. The minimum absolute atomic E-state index is 0.723. The number of piperidine rings is 1. The fraction of sp³-hybridized carbons (Fsp3) is 0.682. The molecule has 0 atom stereocenters. The quantitative estimate of drug-likeness (QED) is 0.553. The zero-order valence-electron chi connectivity index (χ0n) is 18.3. The molecule has 0 saturated carbocycles. The number of nitrogens with zero attached hydrogens (tertiary/aromatic N) is 4. The van der Waals surface area contributed by atoms with Crippen molar-refractivity contribution < 1.29 is 9.47 Å². The Kier molecular flexibility index (Phi) is 8.43. The Balaban J connectivity index is 1.43. The number of hydrogen-bond acceptors (Lipinski definition) is 5. The molecule has 0 radical (unpaired) electrons. The number of guanidine groups is 1. The van der Waals surface area contributed by atoms with Crippen LogP contribution in [0, 0.1) is 5.92 Å². The van der Waals surface area contributed by atoms with Crippen molar-refractivity contribution in [2.75, 3.05) is 85.1 Å². The van der Waals surface area contributed by atoms with E-state index < -0.39 is 0 Å². The molecule has 0 unspecified atom stereocenters. The van der Waals surface area contributed by atoms with Crippen LogP contribution < -0.4 is 15.0 Å². The predicted molar refractivity (Wildman–Crippen MR) is 119 cm³/mol. The van der Waals surface area contributed by atoms with Gasteiger partial charge in [-0.1, -0.05) is 12.1 Å². The van der Waals surface area contributed by atoms with Crippen LogP contribution in [-0.4, -0.2) is 96.0 Å². The summed E-state index contributed by atoms with van der Waals surface area (Å²) >= 11 is 0. The normalized spacial score (nSPS) is 19.5. The number of benzene rings is 1. The van der Waals surface area contributed by atoms with Gasteiger partial charge in [-0.25, -0.2) is 0 Å². The number of nitrogens with one attached hydrogen (secondary N) is 1. The predicted octanol–water partition coefficient (Wildman–Crippen LogP) is 1.75. The highest BCUT2D eigenvalue weighted by Gasteiger charge is 2.23. The highest BCUT2D eigenvalue weighted by Crippen LogP contribution is 2.28. The summed E-state index contributed by atoms with van der Waals surface area (Å²) in [5.74, 6) is 2.70. The largest absolute Gasteiger partial charge is 0.495 e. The number of piperazine rings is 1. The van der Waals surface area contributed by atoms with Gasteiger partial charge in [0.15, 0.2) is 5.96 Å². The van der Waals surface area contributed by atoms with Crippen molar-refractivity contribution in [3.63, 3.8) is 0 Å². The first-order valence-electron chi connectivity index (χ1n) is 10.8. The van der Waals surface area contributed by atoms with Crippen LogP contribution in [0.4, 0.5) is 5.69 Å². The van der Waals surface area contributed by atoms with E-state index in [2.05, 4.69) is 37.1 Å². The van der Waals surface area contributed by atoms with Crippen LogP contribution >= 0.6 is 0 Å². The van der Waals surface area contributed by atoms with Crippen molar-refractivity contribution >= 4 is 11.6 Å². The van der Waals surface area contributed by atoms with E-state index >= 15 is 0 Å². The van der Waals surface area contributed by atoms with Crippen molar-refractivity contribution in [2.45, 2.75) is 12.8 Å². The van der Waals surface area contributed by atoms with Gasteiger partial charge in [0.2, 0.25) is 0 Å². The zero-order valence-corrected chi connectivity index (χ0v) is 18.3. The van der Waals surface area contributed by atoms with E-state index in [4.69, 9.17) is 9.47 Å². The minimum atomic E-state index is 0.723. The lowest BCUT2D eigenvalue weighted by molar-refractivity contribution is 0.120. The molecule has 2 aliphatic heterocycles. The average molecular weight is 404 g/mol. The van der Waals surface area contributed by atoms with Crippen LogP contribution in [0.5, 0.6) is 5.75 Å². The summed E-state index contributed by atoms with van der Waals surface area (Å²) in [6.45, 7) is 9.11. The molecule has 1 aromatic rings. The molecule has 2 fully saturated rings. The van der Waals surface area contributed by atoms with Crippen LogP contribution in [0.1, 0.15) is 12.8 Å². The third kappa shape index (κ3) is 6.00. The first-order valence-corrected chi connectivity index (χ1v) is 10.8. The molecule has 0 aromatic heterocycles. The van der Waals surface area contributed by atoms with E-state index in [0.717, 1.165) is 63.5 Å². The molecule has 0 aliphatic carbocycles. The van der Waals surface area contributed by atoms with Gasteiger partial charge in [0.05, 0.1) is 19.4 Å². The Morgan fingerprint density at radius 1 is 1.07 bits per heavy atom. The summed E-state index contributed by atoms with van der Waals surface area (Å²) in [4.78, 5) is 11.8. The molecule has 0 amide bonds. The third-order valence-electron chi connectivity index (χ3n) is 6.08. The fourth-order valence-electron chi connectivity index (χ4n) is 4.25. The van der Waals surface area contributed by atoms with Gasteiger partial charge in [-0.2, -0.15) is 0 Å². The lowest BCUT2D eigenvalue weighted by atomic mass is 9.97. The summed E-state index contributed by atoms with van der Waals surface area (Å²) in [7, 11) is 5.41. The lowest BCUT2D eigenvalue weighted by Crippen LogP contribution is -2.53. The highest BCUT2D eigenvalue weighted by atomic mass is 16.5. The molecule has 2 heterocycles. The van der Waals surface area contributed by atoms with Crippen LogP contribution in [-0.2, 0) is 4.74 Å². The molecule has 1 aromatic carbocycles. The topological polar surface area (TPSA) is 52.6 Å². The van der Waals surface area contributed by atoms with Gasteiger partial charge < -0.3 is 29.5 Å². The molecule has 162 valence electrons. The first kappa shape index (κ1) is 21.7. The molecule has 0 bridgehead atoms. The second-order valence-corrected chi connectivity index (χ2v) is 7.85. The minimum Gasteiger partial charge on any atom is -0.495 e. The number of anilines is 1. The standard InChI is InChI=1S/C22H37N5O2/c1-23-22(24-18-19-8-10-25(11-9-19)16-17-28-2)27-14-12-26(13-15-27)20-6-4-5-7-21(20)29-3/h4-7,19H,8-18H2,1-3H3,(H,23,24). The van der Waals surface area contributed by atoms with E-state index in [1.807, 2.05) is 19.2 Å². The van der Waals surface area contributed by atoms with Crippen LogP contribution in [0.25, 0.3) is 0 Å². The molecular formula is C22H37N5O2. The molecule has 7 heteroatoms. The van der Waals surface area contributed by atoms with Crippen LogP contribution in [0.2, 0.25) is 0 Å². The zero-order chi connectivity index (χ0) is 20.5. The summed E-state index contributed by atoms with van der Waals surface area (Å²) in [5, 5.41) is 3.63. The summed E-state index contributed by atoms with van der Waals surface area (Å²) < 4.78 is 10.7. The number of ether oxygens (including phenoxy) is 2. The average Bonchev–Trinajstić information content (AvgIpc) is 2.79. The second-order valence-electron chi connectivity index (χ2n) is 7.85. The summed E-state index contributed by atoms with van der Waals surface area (Å²) in [6.07, 6.45) is 2.49. The highest BCUT2D eigenvalue weighted by molar-refractivity contribution is 5.80.